The van der Waals surface area contributed by atoms with Gasteiger partial charge in [-0.15, -0.1) is 0 Å². The quantitative estimate of drug-likeness (QED) is 0.387. The molecule has 0 fully saturated rings. The predicted octanol–water partition coefficient (Wildman–Crippen LogP) is 3.43. The molecule has 2 rings (SSSR count). The lowest BCUT2D eigenvalue weighted by Gasteiger charge is -2.12. The fourth-order valence-corrected chi connectivity index (χ4v) is 2.37. The number of anilines is 1. The molecule has 0 aliphatic heterocycles. The number of rotatable bonds is 10. The van der Waals surface area contributed by atoms with Crippen LogP contribution in [-0.4, -0.2) is 33.3 Å². The summed E-state index contributed by atoms with van der Waals surface area (Å²) in [5.41, 5.74) is 7.86. The van der Waals surface area contributed by atoms with Crippen molar-refractivity contribution in [1.29, 1.82) is 0 Å². The van der Waals surface area contributed by atoms with Crippen LogP contribution in [0.4, 0.5) is 5.69 Å². The third-order valence-electron chi connectivity index (χ3n) is 3.76. The van der Waals surface area contributed by atoms with E-state index in [0.717, 1.165) is 24.3 Å². The molecule has 2 aromatic rings. The summed E-state index contributed by atoms with van der Waals surface area (Å²) in [5, 5.41) is 3.05. The van der Waals surface area contributed by atoms with Crippen LogP contribution in [0, 0.1) is 0 Å². The number of nitrogens with one attached hydrogen (secondary N) is 1. The number of unbranched alkanes of at least 4 members (excludes halogenated alkanes) is 1. The highest BCUT2D eigenvalue weighted by molar-refractivity contribution is 5.93. The van der Waals surface area contributed by atoms with Gasteiger partial charge in [-0.2, -0.15) is 0 Å². The van der Waals surface area contributed by atoms with Crippen LogP contribution in [-0.2, 0) is 11.3 Å². The summed E-state index contributed by atoms with van der Waals surface area (Å²) in [7, 11) is 3.22. The highest BCUT2D eigenvalue weighted by atomic mass is 16.5. The van der Waals surface area contributed by atoms with Gasteiger partial charge in [0, 0.05) is 19.2 Å². The first-order valence-corrected chi connectivity index (χ1v) is 8.63. The van der Waals surface area contributed by atoms with Crippen molar-refractivity contribution in [1.82, 2.24) is 0 Å². The van der Waals surface area contributed by atoms with Crippen LogP contribution < -0.4 is 20.5 Å². The van der Waals surface area contributed by atoms with E-state index < -0.39 is 0 Å². The molecule has 0 saturated heterocycles. The lowest BCUT2D eigenvalue weighted by atomic mass is 10.2. The molecule has 140 valence electrons. The van der Waals surface area contributed by atoms with E-state index in [9.17, 15) is 0 Å². The Hall–Kier alpha value is -2.73. The zero-order chi connectivity index (χ0) is 18.6. The summed E-state index contributed by atoms with van der Waals surface area (Å²) in [6.07, 6.45) is 1.85. The summed E-state index contributed by atoms with van der Waals surface area (Å²) in [5.74, 6) is 1.75. The highest BCUT2D eigenvalue weighted by Gasteiger charge is 2.05. The Labute approximate surface area is 155 Å². The van der Waals surface area contributed by atoms with Gasteiger partial charge in [0.05, 0.1) is 26.5 Å². The molecule has 0 aliphatic rings. The van der Waals surface area contributed by atoms with Crippen LogP contribution in [0.3, 0.4) is 0 Å². The number of hydrogen-bond acceptors (Lipinski definition) is 4. The molecule has 0 radical (unpaired) electrons. The molecule has 0 spiro atoms. The number of nitrogens with two attached hydrogens (primary N) is 1. The van der Waals surface area contributed by atoms with Crippen LogP contribution in [0.1, 0.15) is 18.4 Å². The Morgan fingerprint density at radius 3 is 2.58 bits per heavy atom. The number of hydrogen-bond donors (Lipinski definition) is 2. The first-order chi connectivity index (χ1) is 12.7. The third kappa shape index (κ3) is 6.64. The standard InChI is InChI=1S/C20H27N3O3/c1-24-17-10-11-19(25-2)18(14-17)23-20(21)22-12-6-7-13-26-15-16-8-4-3-5-9-16/h3-5,8-11,14H,6-7,12-13,15H2,1-2H3,(H3,21,22,23). The Morgan fingerprint density at radius 2 is 1.85 bits per heavy atom. The van der Waals surface area contributed by atoms with E-state index in [0.29, 0.717) is 31.5 Å². The second-order valence-electron chi connectivity index (χ2n) is 5.70. The van der Waals surface area contributed by atoms with E-state index in [1.165, 1.54) is 5.56 Å². The number of methoxy groups -OCH3 is 2. The molecule has 0 amide bonds. The third-order valence-corrected chi connectivity index (χ3v) is 3.76. The number of aliphatic imine (C=N–C) groups is 1. The Bertz CT molecular complexity index is 690. The van der Waals surface area contributed by atoms with Gasteiger partial charge in [-0.3, -0.25) is 4.99 Å². The van der Waals surface area contributed by atoms with E-state index in [4.69, 9.17) is 19.9 Å². The maximum absolute atomic E-state index is 5.95. The SMILES string of the molecule is COc1ccc(OC)c(NC(N)=NCCCCOCc2ccccc2)c1. The van der Waals surface area contributed by atoms with E-state index in [-0.39, 0.29) is 0 Å². The normalized spacial score (nSPS) is 11.2. The molecule has 0 unspecified atom stereocenters. The van der Waals surface area contributed by atoms with Gasteiger partial charge in [0.25, 0.3) is 0 Å². The van der Waals surface area contributed by atoms with Crippen molar-refractivity contribution in [2.45, 2.75) is 19.4 Å². The number of ether oxygens (including phenoxy) is 3. The first kappa shape index (κ1) is 19.6. The van der Waals surface area contributed by atoms with Crippen LogP contribution in [0.25, 0.3) is 0 Å². The number of guanidine groups is 1. The van der Waals surface area contributed by atoms with Crippen LogP contribution >= 0.6 is 0 Å². The van der Waals surface area contributed by atoms with Crippen molar-refractivity contribution in [2.75, 3.05) is 32.7 Å². The molecule has 0 aromatic heterocycles. The van der Waals surface area contributed by atoms with Gasteiger partial charge in [0.2, 0.25) is 0 Å². The van der Waals surface area contributed by atoms with Gasteiger partial charge in [0.1, 0.15) is 11.5 Å². The average Bonchev–Trinajstić information content (AvgIpc) is 2.68. The average molecular weight is 357 g/mol. The van der Waals surface area contributed by atoms with E-state index in [1.54, 1.807) is 14.2 Å². The summed E-state index contributed by atoms with van der Waals surface area (Å²) in [6.45, 7) is 1.99. The smallest absolute Gasteiger partial charge is 0.193 e. The predicted molar refractivity (Wildman–Crippen MR) is 105 cm³/mol. The molecule has 6 heteroatoms. The second-order valence-corrected chi connectivity index (χ2v) is 5.70. The van der Waals surface area contributed by atoms with Crippen molar-refractivity contribution in [3.05, 3.63) is 54.1 Å². The molecular weight excluding hydrogens is 330 g/mol. The van der Waals surface area contributed by atoms with Crippen molar-refractivity contribution in [3.63, 3.8) is 0 Å². The Morgan fingerprint density at radius 1 is 1.04 bits per heavy atom. The zero-order valence-corrected chi connectivity index (χ0v) is 15.4. The molecule has 26 heavy (non-hydrogen) atoms. The molecule has 0 heterocycles. The summed E-state index contributed by atoms with van der Waals surface area (Å²) < 4.78 is 16.2. The second kappa shape index (κ2) is 11.0. The van der Waals surface area contributed by atoms with E-state index >= 15 is 0 Å². The van der Waals surface area contributed by atoms with E-state index in [2.05, 4.69) is 22.4 Å². The Balaban J connectivity index is 1.68. The van der Waals surface area contributed by atoms with Crippen LogP contribution in [0.15, 0.2) is 53.5 Å². The molecule has 6 nitrogen and oxygen atoms in total. The van der Waals surface area contributed by atoms with Crippen molar-refractivity contribution in [2.24, 2.45) is 10.7 Å². The minimum absolute atomic E-state index is 0.349. The van der Waals surface area contributed by atoms with Crippen molar-refractivity contribution in [3.8, 4) is 11.5 Å². The fourth-order valence-electron chi connectivity index (χ4n) is 2.37. The number of benzene rings is 2. The molecule has 0 atom stereocenters. The summed E-state index contributed by atoms with van der Waals surface area (Å²) >= 11 is 0. The maximum atomic E-state index is 5.95. The van der Waals surface area contributed by atoms with Gasteiger partial charge >= 0.3 is 0 Å². The number of nitrogens with zero attached hydrogens (tertiary/aromatic N) is 1. The van der Waals surface area contributed by atoms with Gasteiger partial charge in [-0.25, -0.2) is 0 Å². The molecule has 0 aliphatic carbocycles. The van der Waals surface area contributed by atoms with Gasteiger partial charge < -0.3 is 25.3 Å². The van der Waals surface area contributed by atoms with Crippen LogP contribution in [0.2, 0.25) is 0 Å². The lowest BCUT2D eigenvalue weighted by molar-refractivity contribution is 0.117. The highest BCUT2D eigenvalue weighted by Crippen LogP contribution is 2.28. The summed E-state index contributed by atoms with van der Waals surface area (Å²) in [6, 6.07) is 15.6. The van der Waals surface area contributed by atoms with Gasteiger partial charge in [-0.05, 0) is 30.5 Å². The molecule has 0 bridgehead atoms. The van der Waals surface area contributed by atoms with Gasteiger partial charge in [0.15, 0.2) is 5.96 Å². The molecule has 3 N–H and O–H groups in total. The summed E-state index contributed by atoms with van der Waals surface area (Å²) in [4.78, 5) is 4.34. The monoisotopic (exact) mass is 357 g/mol. The maximum Gasteiger partial charge on any atom is 0.193 e. The molecule has 2 aromatic carbocycles. The molecule has 0 saturated carbocycles. The van der Waals surface area contributed by atoms with Crippen molar-refractivity contribution < 1.29 is 14.2 Å². The van der Waals surface area contributed by atoms with Crippen LogP contribution in [0.5, 0.6) is 11.5 Å². The van der Waals surface area contributed by atoms with E-state index in [1.807, 2.05) is 36.4 Å². The zero-order valence-electron chi connectivity index (χ0n) is 15.4. The minimum Gasteiger partial charge on any atom is -0.497 e. The first-order valence-electron chi connectivity index (χ1n) is 8.63. The molecular formula is C20H27N3O3. The minimum atomic E-state index is 0.349. The lowest BCUT2D eigenvalue weighted by Crippen LogP contribution is -2.23. The fraction of sp³-hybridized carbons (Fsp3) is 0.350. The topological polar surface area (TPSA) is 78.1 Å². The van der Waals surface area contributed by atoms with Gasteiger partial charge in [-0.1, -0.05) is 30.3 Å². The largest absolute Gasteiger partial charge is 0.497 e. The Kier molecular flexibility index (Phi) is 8.29. The van der Waals surface area contributed by atoms with Crippen molar-refractivity contribution >= 4 is 11.6 Å².